The number of aromatic hydroxyl groups is 1. The van der Waals surface area contributed by atoms with Gasteiger partial charge in [-0.15, -0.1) is 12.4 Å². The Bertz CT molecular complexity index is 3780. The SMILES string of the molecule is CC(=O)NC(Cc1ccc2ccccc2c1)C(=O)NC(Cc1ccc(Cl)cc1)C(=O)NC(Cc1cccnc1)C(=O)NC(CO)C(=O)NC(Cc1ccc(O)cc1)C(=O)NC(CCCNC(N)=O)C(=O)NC(CC(C)C)C(=O)NC(CCCN=C(N)N)C(=O)N1CCCC1C(=O)NC(C)C(N)=O.Cl. The Morgan fingerprint density at radius 2 is 1.07 bits per heavy atom. The van der Waals surface area contributed by atoms with Crippen molar-refractivity contribution in [3.63, 3.8) is 0 Å². The number of carbonyl (C=O) groups excluding carboxylic acids is 12. The number of benzene rings is 4. The number of phenols is 1. The largest absolute Gasteiger partial charge is 0.508 e. The quantitative estimate of drug-likeness (QED) is 0.0137. The molecule has 103 heavy (non-hydrogen) atoms. The molecule has 6 rings (SSSR count). The molecule has 1 fully saturated rings. The Balaban J connectivity index is 0.0000191. The minimum atomic E-state index is -1.85. The molecule has 10 atom stereocenters. The standard InChI is InChI=1S/C70H92ClN17O14.ClH/c1-39(2)31-52(61(94)82-51(15-9-28-77-69(73)74)68(101)88-30-10-16-58(88)67(100)79-40(3)59(72)92)83-60(93)50(14-8-29-78-70(75)102)81-63(96)54(34-43-20-25-49(91)26-21-43)86-66(99)57(38-89)87-65(98)56(36-45-11-7-27-76-37-45)85-64(97)55(33-42-18-23-48(71)24-19-42)84-62(95)53(80-41(4)90)35-44-17-22-46-12-5-6-13-47(46)32-44;/h5-7,11-13,17-27,32,37,39-40,50-58,89,91H,8-10,14-16,28-31,33-36,38H2,1-4H3,(H2,72,92)(H,79,100)(H,80,90)(H,81,96)(H,82,94)(H,83,93)(H,84,95)(H,85,97)(H,86,99)(H,87,98)(H4,73,74,77)(H3,75,78,102);1H. The molecule has 5 aromatic rings. The van der Waals surface area contributed by atoms with Crippen molar-refractivity contribution >= 4 is 112 Å². The second-order valence-corrected chi connectivity index (χ2v) is 25.8. The summed E-state index contributed by atoms with van der Waals surface area (Å²) >= 11 is 6.23. The molecule has 1 aliphatic rings. The minimum absolute atomic E-state index is 0. The van der Waals surface area contributed by atoms with Crippen molar-refractivity contribution in [1.29, 1.82) is 0 Å². The number of hydrogen-bond donors (Lipinski definition) is 16. The number of halogens is 2. The number of phenolic OH excluding ortho intramolecular Hbond substituents is 1. The zero-order chi connectivity index (χ0) is 74.6. The number of nitrogens with two attached hydrogens (primary N) is 4. The van der Waals surface area contributed by atoms with E-state index in [-0.39, 0.29) is 114 Å². The molecule has 20 N–H and O–H groups in total. The maximum absolute atomic E-state index is 14.9. The lowest BCUT2D eigenvalue weighted by Gasteiger charge is -2.31. The van der Waals surface area contributed by atoms with Crippen LogP contribution in [0.5, 0.6) is 5.75 Å². The fraction of sp³-hybridized carbons (Fsp3) is 0.429. The van der Waals surface area contributed by atoms with Gasteiger partial charge in [-0.05, 0) is 121 Å². The van der Waals surface area contributed by atoms with E-state index in [1.165, 1.54) is 55.4 Å². The number of aromatic nitrogens is 1. The third-order valence-corrected chi connectivity index (χ3v) is 16.9. The molecular weight excluding hydrogens is 1370 g/mol. The molecule has 1 aromatic heterocycles. The minimum Gasteiger partial charge on any atom is -0.508 e. The van der Waals surface area contributed by atoms with Gasteiger partial charge in [0.15, 0.2) is 5.96 Å². The Kier molecular flexibility index (Phi) is 33.3. The highest BCUT2D eigenvalue weighted by Gasteiger charge is 2.40. The number of primary amides is 2. The fourth-order valence-electron chi connectivity index (χ4n) is 11.4. The van der Waals surface area contributed by atoms with E-state index in [1.807, 2.05) is 42.5 Å². The first-order valence-corrected chi connectivity index (χ1v) is 33.8. The van der Waals surface area contributed by atoms with Crippen molar-refractivity contribution in [2.75, 3.05) is 26.2 Å². The number of amides is 13. The summed E-state index contributed by atoms with van der Waals surface area (Å²) in [6, 6.07) is 13.5. The maximum atomic E-state index is 14.9. The van der Waals surface area contributed by atoms with Crippen molar-refractivity contribution < 1.29 is 67.7 Å². The monoisotopic (exact) mass is 1470 g/mol. The van der Waals surface area contributed by atoms with E-state index in [0.29, 0.717) is 33.7 Å². The van der Waals surface area contributed by atoms with Crippen molar-refractivity contribution in [3.05, 3.63) is 143 Å². The molecule has 0 bridgehead atoms. The van der Waals surface area contributed by atoms with Crippen molar-refractivity contribution in [1.82, 2.24) is 63.1 Å². The van der Waals surface area contributed by atoms with Crippen molar-refractivity contribution in [2.24, 2.45) is 33.8 Å². The number of aliphatic hydroxyl groups is 1. The van der Waals surface area contributed by atoms with Crippen molar-refractivity contribution in [2.45, 2.75) is 159 Å². The van der Waals surface area contributed by atoms with Gasteiger partial charge in [0.1, 0.15) is 66.2 Å². The average molecular weight is 1470 g/mol. The first kappa shape index (κ1) is 83.0. The summed E-state index contributed by atoms with van der Waals surface area (Å²) in [7, 11) is 0. The van der Waals surface area contributed by atoms with Crippen LogP contribution >= 0.6 is 24.0 Å². The van der Waals surface area contributed by atoms with Crippen LogP contribution in [0.25, 0.3) is 10.8 Å². The van der Waals surface area contributed by atoms with Crippen LogP contribution < -0.4 is 76.1 Å². The zero-order valence-corrected chi connectivity index (χ0v) is 59.2. The van der Waals surface area contributed by atoms with Gasteiger partial charge in [0.2, 0.25) is 65.0 Å². The number of aliphatic imine (C=N–C) groups is 1. The summed E-state index contributed by atoms with van der Waals surface area (Å²) in [6.45, 7) is 5.15. The van der Waals surface area contributed by atoms with Gasteiger partial charge in [-0.1, -0.05) is 98.2 Å². The summed E-state index contributed by atoms with van der Waals surface area (Å²) in [5.74, 6) is -9.82. The Hall–Kier alpha value is -10.7. The first-order valence-electron chi connectivity index (χ1n) is 33.5. The highest BCUT2D eigenvalue weighted by Crippen LogP contribution is 2.22. The lowest BCUT2D eigenvalue weighted by atomic mass is 9.99. The molecule has 13 amide bonds. The van der Waals surface area contributed by atoms with Crippen LogP contribution in [0.3, 0.4) is 0 Å². The second-order valence-electron chi connectivity index (χ2n) is 25.4. The highest BCUT2D eigenvalue weighted by atomic mass is 35.5. The number of carbonyl (C=O) groups is 12. The number of fused-ring (bicyclic) bond motifs is 1. The van der Waals surface area contributed by atoms with E-state index in [4.69, 9.17) is 34.5 Å². The summed E-state index contributed by atoms with van der Waals surface area (Å²) in [5, 5.41) is 49.5. The third kappa shape index (κ3) is 27.3. The van der Waals surface area contributed by atoms with Crippen LogP contribution in [-0.4, -0.2) is 184 Å². The maximum Gasteiger partial charge on any atom is 0.312 e. The molecular formula is C70H93Cl2N17O14. The number of aliphatic hydroxyl groups excluding tert-OH is 1. The number of likely N-dealkylation sites (tertiary alicyclic amines) is 1. The molecule has 4 aromatic carbocycles. The molecule has 0 radical (unpaired) electrons. The molecule has 10 unspecified atom stereocenters. The molecule has 2 heterocycles. The van der Waals surface area contributed by atoms with E-state index < -0.39 is 138 Å². The molecule has 33 heteroatoms. The summed E-state index contributed by atoms with van der Waals surface area (Å²) in [4.78, 5) is 176. The fourth-order valence-corrected chi connectivity index (χ4v) is 11.5. The van der Waals surface area contributed by atoms with Gasteiger partial charge in [-0.25, -0.2) is 4.79 Å². The lowest BCUT2D eigenvalue weighted by Crippen LogP contribution is -2.61. The predicted molar refractivity (Wildman–Crippen MR) is 386 cm³/mol. The predicted octanol–water partition coefficient (Wildman–Crippen LogP) is -0.294. The van der Waals surface area contributed by atoms with Crippen LogP contribution in [0.4, 0.5) is 4.79 Å². The van der Waals surface area contributed by atoms with Crippen LogP contribution in [0.15, 0.2) is 121 Å². The molecule has 31 nitrogen and oxygen atoms in total. The number of hydrogen-bond acceptors (Lipinski definition) is 16. The van der Waals surface area contributed by atoms with Gasteiger partial charge in [0, 0.05) is 69.7 Å². The molecule has 1 saturated heterocycles. The summed E-state index contributed by atoms with van der Waals surface area (Å²) in [6.07, 6.45) is 2.70. The van der Waals surface area contributed by atoms with Crippen molar-refractivity contribution in [3.8, 4) is 5.75 Å². The number of guanidine groups is 1. The van der Waals surface area contributed by atoms with Crippen LogP contribution in [-0.2, 0) is 78.4 Å². The normalized spacial score (nSPS) is 15.1. The van der Waals surface area contributed by atoms with E-state index in [0.717, 1.165) is 10.8 Å². The van der Waals surface area contributed by atoms with Gasteiger partial charge in [-0.2, -0.15) is 0 Å². The average Bonchev–Trinajstić information content (AvgIpc) is 1.61. The number of urea groups is 1. The Morgan fingerprint density at radius 1 is 0.573 bits per heavy atom. The Morgan fingerprint density at radius 3 is 1.62 bits per heavy atom. The smallest absolute Gasteiger partial charge is 0.312 e. The molecule has 0 spiro atoms. The van der Waals surface area contributed by atoms with E-state index >= 15 is 0 Å². The van der Waals surface area contributed by atoms with Crippen LogP contribution in [0.1, 0.15) is 94.9 Å². The van der Waals surface area contributed by atoms with E-state index in [1.54, 1.807) is 50.2 Å². The second kappa shape index (κ2) is 41.3. The van der Waals surface area contributed by atoms with Gasteiger partial charge < -0.3 is 91.2 Å². The topological polar surface area (TPSA) is 498 Å². The number of nitrogens with zero attached hydrogens (tertiary/aromatic N) is 3. The number of nitrogens with one attached hydrogen (secondary N) is 10. The summed E-state index contributed by atoms with van der Waals surface area (Å²) < 4.78 is 0. The van der Waals surface area contributed by atoms with Gasteiger partial charge >= 0.3 is 6.03 Å². The molecule has 0 aliphatic carbocycles. The van der Waals surface area contributed by atoms with E-state index in [9.17, 15) is 67.7 Å². The molecule has 0 saturated carbocycles. The van der Waals surface area contributed by atoms with Gasteiger partial charge in [0.25, 0.3) is 0 Å². The van der Waals surface area contributed by atoms with E-state index in [2.05, 4.69) is 63.1 Å². The Labute approximate surface area is 607 Å². The number of pyridine rings is 1. The summed E-state index contributed by atoms with van der Waals surface area (Å²) in [5.41, 5.74) is 23.9. The van der Waals surface area contributed by atoms with Crippen LogP contribution in [0.2, 0.25) is 5.02 Å². The highest BCUT2D eigenvalue weighted by molar-refractivity contribution is 6.30. The van der Waals surface area contributed by atoms with Crippen LogP contribution in [0, 0.1) is 5.92 Å². The molecule has 556 valence electrons. The van der Waals surface area contributed by atoms with Gasteiger partial charge in [-0.3, -0.25) is 62.7 Å². The third-order valence-electron chi connectivity index (χ3n) is 16.7. The molecule has 1 aliphatic heterocycles. The zero-order valence-electron chi connectivity index (χ0n) is 57.7. The first-order chi connectivity index (χ1) is 48.6. The number of rotatable bonds is 38. The lowest BCUT2D eigenvalue weighted by molar-refractivity contribution is -0.142. The van der Waals surface area contributed by atoms with Gasteiger partial charge in [0.05, 0.1) is 6.61 Å².